The molecule has 1 aliphatic heterocycles. The Morgan fingerprint density at radius 1 is 1.08 bits per heavy atom. The summed E-state index contributed by atoms with van der Waals surface area (Å²) >= 11 is 0. The van der Waals surface area contributed by atoms with E-state index >= 15 is 0 Å². The van der Waals surface area contributed by atoms with Gasteiger partial charge in [0.05, 0.1) is 26.9 Å². The Morgan fingerprint density at radius 3 is 2.20 bits per heavy atom. The number of aliphatic hydroxyl groups excluding tert-OH is 1. The number of nitrogens with zero attached hydrogens (tertiary/aromatic N) is 1. The van der Waals surface area contributed by atoms with Crippen LogP contribution in [-0.4, -0.2) is 68.8 Å². The van der Waals surface area contributed by atoms with Gasteiger partial charge in [0, 0.05) is 6.61 Å². The molecule has 5 rings (SSSR count). The van der Waals surface area contributed by atoms with Crippen LogP contribution in [0.1, 0.15) is 44.9 Å². The molecular formula is C20H36ClNO3. The first-order valence-electron chi connectivity index (χ1n) is 10.2. The van der Waals surface area contributed by atoms with E-state index in [2.05, 4.69) is 7.05 Å². The van der Waals surface area contributed by atoms with E-state index in [1.165, 1.54) is 44.9 Å². The molecule has 25 heavy (non-hydrogen) atoms. The van der Waals surface area contributed by atoms with Crippen molar-refractivity contribution < 1.29 is 31.5 Å². The minimum atomic E-state index is -0.343. The lowest BCUT2D eigenvalue weighted by molar-refractivity contribution is -0.919. The molecule has 4 aliphatic carbocycles. The van der Waals surface area contributed by atoms with Gasteiger partial charge in [-0.3, -0.25) is 0 Å². The fourth-order valence-electron chi connectivity index (χ4n) is 6.63. The van der Waals surface area contributed by atoms with Crippen LogP contribution in [0.5, 0.6) is 0 Å². The lowest BCUT2D eigenvalue weighted by Gasteiger charge is -2.57. The lowest BCUT2D eigenvalue weighted by atomic mass is 9.49. The second-order valence-electron chi connectivity index (χ2n) is 9.76. The minimum absolute atomic E-state index is 0. The number of halogens is 1. The summed E-state index contributed by atoms with van der Waals surface area (Å²) < 4.78 is 12.3. The van der Waals surface area contributed by atoms with E-state index in [1.807, 2.05) is 0 Å². The molecule has 0 spiro atoms. The SMILES string of the molecule is C[N+]1(CC(O)COCCC23CC4CC(CC(C4)C2)C3)CCOCC1.[Cl-]. The van der Waals surface area contributed by atoms with Crippen LogP contribution in [0, 0.1) is 23.2 Å². The Morgan fingerprint density at radius 2 is 1.64 bits per heavy atom. The number of rotatable bonds is 7. The number of quaternary nitrogens is 1. The van der Waals surface area contributed by atoms with Crippen molar-refractivity contribution in [1.82, 2.24) is 0 Å². The first-order valence-corrected chi connectivity index (χ1v) is 10.2. The average Bonchev–Trinajstić information content (AvgIpc) is 2.50. The maximum atomic E-state index is 10.3. The summed E-state index contributed by atoms with van der Waals surface area (Å²) in [5, 5.41) is 10.3. The largest absolute Gasteiger partial charge is 1.00 e. The maximum absolute atomic E-state index is 10.3. The zero-order valence-corrected chi connectivity index (χ0v) is 16.6. The van der Waals surface area contributed by atoms with Gasteiger partial charge in [0.1, 0.15) is 25.7 Å². The summed E-state index contributed by atoms with van der Waals surface area (Å²) in [4.78, 5) is 0. The molecule has 0 aromatic heterocycles. The second-order valence-corrected chi connectivity index (χ2v) is 9.76. The third-order valence-corrected chi connectivity index (χ3v) is 7.45. The highest BCUT2D eigenvalue weighted by molar-refractivity contribution is 5.01. The van der Waals surface area contributed by atoms with E-state index in [0.29, 0.717) is 12.0 Å². The van der Waals surface area contributed by atoms with E-state index in [1.54, 1.807) is 0 Å². The van der Waals surface area contributed by atoms with Crippen LogP contribution in [0.3, 0.4) is 0 Å². The van der Waals surface area contributed by atoms with E-state index in [4.69, 9.17) is 9.47 Å². The zero-order chi connectivity index (χ0) is 16.6. The van der Waals surface area contributed by atoms with Gasteiger partial charge >= 0.3 is 0 Å². The third kappa shape index (κ3) is 4.70. The molecule has 0 radical (unpaired) electrons. The summed E-state index contributed by atoms with van der Waals surface area (Å²) in [7, 11) is 2.22. The number of hydrogen-bond acceptors (Lipinski definition) is 3. The standard InChI is InChI=1S/C20H36NO3.ClH/c1-21(3-6-23-7-4-21)14-19(22)15-24-5-2-20-11-16-8-17(12-20)10-18(9-16)13-20;/h16-19,22H,2-15H2,1H3;1H/q+1;/p-1. The van der Waals surface area contributed by atoms with Crippen molar-refractivity contribution in [3.63, 3.8) is 0 Å². The van der Waals surface area contributed by atoms with E-state index in [-0.39, 0.29) is 18.5 Å². The number of aliphatic hydroxyl groups is 1. The number of hydrogen-bond donors (Lipinski definition) is 1. The first kappa shape index (κ1) is 19.9. The van der Waals surface area contributed by atoms with Crippen LogP contribution in [0.25, 0.3) is 0 Å². The van der Waals surface area contributed by atoms with Crippen molar-refractivity contribution in [2.75, 3.05) is 53.1 Å². The number of likely N-dealkylation sites (N-methyl/N-ethyl adjacent to an activating group) is 1. The highest BCUT2D eigenvalue weighted by Gasteiger charge is 2.50. The van der Waals surface area contributed by atoms with Crippen LogP contribution in [0.15, 0.2) is 0 Å². The summed E-state index contributed by atoms with van der Waals surface area (Å²) in [6.45, 7) is 5.78. The zero-order valence-electron chi connectivity index (χ0n) is 15.8. The molecule has 1 atom stereocenters. The van der Waals surface area contributed by atoms with E-state index < -0.39 is 0 Å². The molecule has 0 aromatic carbocycles. The molecule has 0 amide bonds. The highest BCUT2D eigenvalue weighted by atomic mass is 35.5. The second kappa shape index (κ2) is 8.02. The molecule has 1 N–H and O–H groups in total. The van der Waals surface area contributed by atoms with Crippen LogP contribution in [0.2, 0.25) is 0 Å². The molecule has 4 saturated carbocycles. The normalized spacial score (nSPS) is 39.8. The van der Waals surface area contributed by atoms with Crippen LogP contribution < -0.4 is 12.4 Å². The average molecular weight is 374 g/mol. The predicted octanol–water partition coefficient (Wildman–Crippen LogP) is -0.549. The quantitative estimate of drug-likeness (QED) is 0.481. The van der Waals surface area contributed by atoms with Crippen LogP contribution in [-0.2, 0) is 9.47 Å². The monoisotopic (exact) mass is 373 g/mol. The van der Waals surface area contributed by atoms with Gasteiger partial charge in [0.2, 0.25) is 0 Å². The van der Waals surface area contributed by atoms with Gasteiger partial charge in [-0.05, 0) is 68.1 Å². The van der Waals surface area contributed by atoms with Gasteiger partial charge < -0.3 is 31.5 Å². The van der Waals surface area contributed by atoms with Gasteiger partial charge in [-0.2, -0.15) is 0 Å². The number of morpholine rings is 1. The predicted molar refractivity (Wildman–Crippen MR) is 93.7 cm³/mol. The van der Waals surface area contributed by atoms with E-state index in [0.717, 1.165) is 61.7 Å². The van der Waals surface area contributed by atoms with Gasteiger partial charge in [0.15, 0.2) is 0 Å². The van der Waals surface area contributed by atoms with Crippen LogP contribution >= 0.6 is 0 Å². The van der Waals surface area contributed by atoms with Crippen molar-refractivity contribution in [3.05, 3.63) is 0 Å². The molecule has 5 aliphatic rings. The first-order chi connectivity index (χ1) is 11.5. The Kier molecular flexibility index (Phi) is 6.37. The third-order valence-electron chi connectivity index (χ3n) is 7.45. The molecule has 0 aromatic rings. The van der Waals surface area contributed by atoms with Crippen LogP contribution in [0.4, 0.5) is 0 Å². The summed E-state index contributed by atoms with van der Waals surface area (Å²) in [5.74, 6) is 3.06. The van der Waals surface area contributed by atoms with Crippen molar-refractivity contribution in [2.45, 2.75) is 51.0 Å². The van der Waals surface area contributed by atoms with Crippen molar-refractivity contribution in [2.24, 2.45) is 23.2 Å². The molecule has 4 nitrogen and oxygen atoms in total. The maximum Gasteiger partial charge on any atom is 0.126 e. The summed E-state index contributed by atoms with van der Waals surface area (Å²) in [6, 6.07) is 0. The van der Waals surface area contributed by atoms with Crippen molar-refractivity contribution >= 4 is 0 Å². The molecule has 1 unspecified atom stereocenters. The molecular weight excluding hydrogens is 338 g/mol. The summed E-state index contributed by atoms with van der Waals surface area (Å²) in [6.07, 6.45) is 9.80. The highest BCUT2D eigenvalue weighted by Crippen LogP contribution is 2.61. The molecule has 5 fully saturated rings. The smallest absolute Gasteiger partial charge is 0.126 e. The van der Waals surface area contributed by atoms with Crippen molar-refractivity contribution in [1.29, 1.82) is 0 Å². The Bertz CT molecular complexity index is 403. The lowest BCUT2D eigenvalue weighted by Crippen LogP contribution is -3.00. The molecule has 4 bridgehead atoms. The molecule has 146 valence electrons. The fraction of sp³-hybridized carbons (Fsp3) is 1.00. The summed E-state index contributed by atoms with van der Waals surface area (Å²) in [5.41, 5.74) is 0.600. The van der Waals surface area contributed by atoms with Gasteiger partial charge in [-0.15, -0.1) is 0 Å². The molecule has 5 heteroatoms. The van der Waals surface area contributed by atoms with Gasteiger partial charge in [-0.1, -0.05) is 0 Å². The fourth-order valence-corrected chi connectivity index (χ4v) is 6.63. The van der Waals surface area contributed by atoms with Gasteiger partial charge in [-0.25, -0.2) is 0 Å². The Labute approximate surface area is 159 Å². The molecule has 1 heterocycles. The number of ether oxygens (including phenoxy) is 2. The topological polar surface area (TPSA) is 38.7 Å². The van der Waals surface area contributed by atoms with E-state index in [9.17, 15) is 5.11 Å². The minimum Gasteiger partial charge on any atom is -1.00 e. The Balaban J connectivity index is 0.00000182. The molecule has 1 saturated heterocycles. The Hall–Kier alpha value is 0.130. The van der Waals surface area contributed by atoms with Crippen molar-refractivity contribution in [3.8, 4) is 0 Å². The van der Waals surface area contributed by atoms with Gasteiger partial charge in [0.25, 0.3) is 0 Å².